The molecule has 2 unspecified atom stereocenters. The number of benzene rings is 3. The van der Waals surface area contributed by atoms with Gasteiger partial charge in [-0.05, 0) is 59.9 Å². The number of hydrogen-bond donors (Lipinski definition) is 0. The summed E-state index contributed by atoms with van der Waals surface area (Å²) in [7, 11) is 0. The molecule has 0 fully saturated rings. The van der Waals surface area contributed by atoms with E-state index in [1.807, 2.05) is 48.5 Å². The van der Waals surface area contributed by atoms with Crippen molar-refractivity contribution in [3.63, 3.8) is 0 Å². The Kier molecular flexibility index (Phi) is 5.83. The molecule has 3 heteroatoms. The summed E-state index contributed by atoms with van der Waals surface area (Å²) in [6.45, 7) is 0.622. The van der Waals surface area contributed by atoms with Gasteiger partial charge in [0.2, 0.25) is 0 Å². The normalized spacial score (nSPS) is 18.8. The van der Waals surface area contributed by atoms with Crippen LogP contribution in [0.1, 0.15) is 18.4 Å². The van der Waals surface area contributed by atoms with Gasteiger partial charge in [-0.2, -0.15) is 0 Å². The summed E-state index contributed by atoms with van der Waals surface area (Å²) in [5, 5.41) is 0. The van der Waals surface area contributed by atoms with E-state index in [0.29, 0.717) is 6.61 Å². The second-order valence-corrected chi connectivity index (χ2v) is 6.99. The van der Waals surface area contributed by atoms with Crippen molar-refractivity contribution in [2.24, 2.45) is 0 Å². The van der Waals surface area contributed by atoms with E-state index < -0.39 is 0 Å². The van der Waals surface area contributed by atoms with Crippen molar-refractivity contribution >= 4 is 0 Å². The van der Waals surface area contributed by atoms with Crippen LogP contribution in [0.15, 0.2) is 91.0 Å². The standard InChI is InChI=1S/C25H23FO2/c26-22-10-4-8-20(16-22)21-9-5-11-25(17-21)28-24-14-12-23(13-15-24)27-18-19-6-2-1-3-7-19/h1-12,14,16-17,23-24H,13,15,18H2. The number of hydrogen-bond acceptors (Lipinski definition) is 2. The van der Waals surface area contributed by atoms with Crippen LogP contribution in [0.4, 0.5) is 4.39 Å². The largest absolute Gasteiger partial charge is 0.486 e. The SMILES string of the molecule is Fc1cccc(-c2cccc(OC3C=CC(OCc4ccccc4)CC3)c2)c1. The molecule has 4 rings (SSSR count). The zero-order chi connectivity index (χ0) is 19.2. The zero-order valence-electron chi connectivity index (χ0n) is 15.6. The van der Waals surface area contributed by atoms with Crippen LogP contribution in [-0.2, 0) is 11.3 Å². The maximum Gasteiger partial charge on any atom is 0.123 e. The quantitative estimate of drug-likeness (QED) is 0.480. The second kappa shape index (κ2) is 8.85. The molecule has 3 aromatic carbocycles. The van der Waals surface area contributed by atoms with E-state index in [1.54, 1.807) is 6.07 Å². The molecule has 2 nitrogen and oxygen atoms in total. The molecule has 3 aromatic rings. The topological polar surface area (TPSA) is 18.5 Å². The van der Waals surface area contributed by atoms with Crippen LogP contribution < -0.4 is 4.74 Å². The summed E-state index contributed by atoms with van der Waals surface area (Å²) in [5.41, 5.74) is 2.98. The maximum atomic E-state index is 13.5. The third-order valence-corrected chi connectivity index (χ3v) is 4.86. The Hall–Kier alpha value is -2.91. The van der Waals surface area contributed by atoms with Gasteiger partial charge in [-0.15, -0.1) is 0 Å². The summed E-state index contributed by atoms with van der Waals surface area (Å²) >= 11 is 0. The van der Waals surface area contributed by atoms with Gasteiger partial charge in [0.15, 0.2) is 0 Å². The van der Waals surface area contributed by atoms with Crippen LogP contribution >= 0.6 is 0 Å². The van der Waals surface area contributed by atoms with E-state index in [-0.39, 0.29) is 18.0 Å². The van der Waals surface area contributed by atoms with Crippen LogP contribution in [-0.4, -0.2) is 12.2 Å². The molecule has 0 aliphatic heterocycles. The van der Waals surface area contributed by atoms with Gasteiger partial charge in [0.1, 0.15) is 17.7 Å². The van der Waals surface area contributed by atoms with Gasteiger partial charge in [0.05, 0.1) is 12.7 Å². The second-order valence-electron chi connectivity index (χ2n) is 6.99. The van der Waals surface area contributed by atoms with Crippen molar-refractivity contribution in [2.45, 2.75) is 31.7 Å². The van der Waals surface area contributed by atoms with E-state index in [4.69, 9.17) is 9.47 Å². The van der Waals surface area contributed by atoms with Crippen molar-refractivity contribution < 1.29 is 13.9 Å². The van der Waals surface area contributed by atoms with Crippen molar-refractivity contribution in [1.29, 1.82) is 0 Å². The summed E-state index contributed by atoms with van der Waals surface area (Å²) in [5.74, 6) is 0.556. The highest BCUT2D eigenvalue weighted by molar-refractivity contribution is 5.65. The zero-order valence-corrected chi connectivity index (χ0v) is 15.6. The van der Waals surface area contributed by atoms with Crippen molar-refractivity contribution in [3.05, 3.63) is 102 Å². The Morgan fingerprint density at radius 1 is 0.750 bits per heavy atom. The van der Waals surface area contributed by atoms with Gasteiger partial charge in [0, 0.05) is 0 Å². The minimum Gasteiger partial charge on any atom is -0.486 e. The molecule has 0 bridgehead atoms. The van der Waals surface area contributed by atoms with Crippen LogP contribution in [0.2, 0.25) is 0 Å². The first kappa shape index (κ1) is 18.5. The minimum atomic E-state index is -0.236. The highest BCUT2D eigenvalue weighted by Crippen LogP contribution is 2.27. The number of ether oxygens (including phenoxy) is 2. The van der Waals surface area contributed by atoms with Crippen LogP contribution in [0.3, 0.4) is 0 Å². The number of halogens is 1. The Morgan fingerprint density at radius 3 is 2.21 bits per heavy atom. The molecule has 1 aliphatic rings. The molecule has 142 valence electrons. The van der Waals surface area contributed by atoms with Gasteiger partial charge in [-0.3, -0.25) is 0 Å². The molecule has 0 N–H and O–H groups in total. The monoisotopic (exact) mass is 374 g/mol. The molecule has 0 spiro atoms. The maximum absolute atomic E-state index is 13.5. The molecule has 0 heterocycles. The molecule has 0 aromatic heterocycles. The molecule has 1 aliphatic carbocycles. The van der Waals surface area contributed by atoms with Crippen LogP contribution in [0.25, 0.3) is 11.1 Å². The Morgan fingerprint density at radius 2 is 1.46 bits per heavy atom. The van der Waals surface area contributed by atoms with Gasteiger partial charge >= 0.3 is 0 Å². The molecule has 0 radical (unpaired) electrons. The van der Waals surface area contributed by atoms with Gasteiger partial charge in [-0.25, -0.2) is 4.39 Å². The molecular formula is C25H23FO2. The van der Waals surface area contributed by atoms with Gasteiger partial charge in [-0.1, -0.05) is 60.7 Å². The highest BCUT2D eigenvalue weighted by atomic mass is 19.1. The first-order valence-corrected chi connectivity index (χ1v) is 9.63. The summed E-state index contributed by atoms with van der Waals surface area (Å²) in [6.07, 6.45) is 6.15. The molecule has 2 atom stereocenters. The third-order valence-electron chi connectivity index (χ3n) is 4.86. The summed E-state index contributed by atoms with van der Waals surface area (Å²) < 4.78 is 25.6. The molecule has 0 amide bonds. The van der Waals surface area contributed by atoms with Gasteiger partial charge in [0.25, 0.3) is 0 Å². The fourth-order valence-corrected chi connectivity index (χ4v) is 3.38. The third kappa shape index (κ3) is 4.87. The first-order chi connectivity index (χ1) is 13.8. The first-order valence-electron chi connectivity index (χ1n) is 9.63. The molecule has 0 saturated carbocycles. The Bertz CT molecular complexity index is 936. The van der Waals surface area contributed by atoms with Crippen LogP contribution in [0.5, 0.6) is 5.75 Å². The average Bonchev–Trinajstić information content (AvgIpc) is 2.74. The lowest BCUT2D eigenvalue weighted by atomic mass is 10.0. The lowest BCUT2D eigenvalue weighted by Crippen LogP contribution is -2.23. The Balaban J connectivity index is 1.35. The fourth-order valence-electron chi connectivity index (χ4n) is 3.38. The van der Waals surface area contributed by atoms with Crippen molar-refractivity contribution in [2.75, 3.05) is 0 Å². The predicted octanol–water partition coefficient (Wildman–Crippen LogP) is 6.18. The summed E-state index contributed by atoms with van der Waals surface area (Å²) in [6, 6.07) is 24.6. The smallest absolute Gasteiger partial charge is 0.123 e. The minimum absolute atomic E-state index is 0.0272. The fraction of sp³-hybridized carbons (Fsp3) is 0.200. The summed E-state index contributed by atoms with van der Waals surface area (Å²) in [4.78, 5) is 0. The van der Waals surface area contributed by atoms with E-state index in [0.717, 1.165) is 29.7 Å². The predicted molar refractivity (Wildman–Crippen MR) is 110 cm³/mol. The van der Waals surface area contributed by atoms with E-state index in [9.17, 15) is 4.39 Å². The number of rotatable bonds is 6. The highest BCUT2D eigenvalue weighted by Gasteiger charge is 2.17. The van der Waals surface area contributed by atoms with E-state index in [1.165, 1.54) is 17.7 Å². The average molecular weight is 374 g/mol. The molecule has 0 saturated heterocycles. The molecule has 28 heavy (non-hydrogen) atoms. The van der Waals surface area contributed by atoms with Crippen molar-refractivity contribution in [1.82, 2.24) is 0 Å². The van der Waals surface area contributed by atoms with Crippen molar-refractivity contribution in [3.8, 4) is 16.9 Å². The van der Waals surface area contributed by atoms with Crippen LogP contribution in [0, 0.1) is 5.82 Å². The lowest BCUT2D eigenvalue weighted by molar-refractivity contribution is 0.0522. The molecular weight excluding hydrogens is 351 g/mol. The van der Waals surface area contributed by atoms with Gasteiger partial charge < -0.3 is 9.47 Å². The Labute approximate surface area is 165 Å². The van der Waals surface area contributed by atoms with E-state index >= 15 is 0 Å². The van der Waals surface area contributed by atoms with E-state index in [2.05, 4.69) is 24.3 Å². The lowest BCUT2D eigenvalue weighted by Gasteiger charge is -2.24.